The van der Waals surface area contributed by atoms with Crippen LogP contribution in [0.1, 0.15) is 10.4 Å². The maximum Gasteiger partial charge on any atom is 0.411 e. The number of benzene rings is 2. The molecule has 0 aliphatic carbocycles. The first-order chi connectivity index (χ1) is 10.9. The summed E-state index contributed by atoms with van der Waals surface area (Å²) in [6, 6.07) is 8.67. The first-order valence-corrected chi connectivity index (χ1v) is 6.34. The summed E-state index contributed by atoms with van der Waals surface area (Å²) in [7, 11) is 0. The Balaban J connectivity index is 2.60. The van der Waals surface area contributed by atoms with Crippen molar-refractivity contribution in [1.82, 2.24) is 0 Å². The number of hydrogen-bond acceptors (Lipinski definition) is 2. The lowest BCUT2D eigenvalue weighted by Crippen LogP contribution is -2.61. The third-order valence-electron chi connectivity index (χ3n) is 3.38. The van der Waals surface area contributed by atoms with Gasteiger partial charge in [0.2, 0.25) is 5.78 Å². The number of Topliss-reactive ketones (excluding diaryl/α,β-unsaturated/α-hetero) is 1. The summed E-state index contributed by atoms with van der Waals surface area (Å²) >= 11 is 0. The van der Waals surface area contributed by atoms with Crippen molar-refractivity contribution < 1.29 is 41.0 Å². The predicted molar refractivity (Wildman–Crippen MR) is 70.8 cm³/mol. The number of halogens is 6. The second kappa shape index (κ2) is 5.50. The summed E-state index contributed by atoms with van der Waals surface area (Å²) in [5.74, 6) is -24.5. The zero-order valence-electron chi connectivity index (χ0n) is 11.6. The molecule has 0 heterocycles. The fraction of sp³-hybridized carbons (Fsp3) is 0.200. The van der Waals surface area contributed by atoms with Crippen LogP contribution in [-0.4, -0.2) is 34.6 Å². The minimum Gasteiger partial charge on any atom is -0.477 e. The van der Waals surface area contributed by atoms with E-state index in [1.807, 2.05) is 0 Å². The Labute approximate surface area is 130 Å². The van der Waals surface area contributed by atoms with Gasteiger partial charge in [-0.05, 0) is 10.8 Å². The van der Waals surface area contributed by atoms with Crippen molar-refractivity contribution in [1.29, 1.82) is 0 Å². The molecule has 0 aliphatic heterocycles. The Morgan fingerprint density at radius 1 is 0.792 bits per heavy atom. The lowest BCUT2D eigenvalue weighted by Gasteiger charge is -2.29. The van der Waals surface area contributed by atoms with Crippen molar-refractivity contribution >= 4 is 22.5 Å². The van der Waals surface area contributed by atoms with Gasteiger partial charge in [0.1, 0.15) is 0 Å². The maximum atomic E-state index is 13.8. The average Bonchev–Trinajstić information content (AvgIpc) is 2.53. The largest absolute Gasteiger partial charge is 0.477 e. The summed E-state index contributed by atoms with van der Waals surface area (Å²) in [5.41, 5.74) is -0.918. The van der Waals surface area contributed by atoms with E-state index in [1.165, 1.54) is 30.3 Å². The zero-order valence-corrected chi connectivity index (χ0v) is 11.6. The Morgan fingerprint density at radius 3 is 1.92 bits per heavy atom. The molecule has 2 aromatic rings. The highest BCUT2D eigenvalue weighted by molar-refractivity contribution is 6.12. The van der Waals surface area contributed by atoms with Crippen LogP contribution in [0.2, 0.25) is 0 Å². The molecule has 0 atom stereocenters. The van der Waals surface area contributed by atoms with Crippen molar-refractivity contribution in [2.45, 2.75) is 17.8 Å². The van der Waals surface area contributed by atoms with Crippen molar-refractivity contribution in [3.8, 4) is 0 Å². The van der Waals surface area contributed by atoms with Crippen LogP contribution in [0.4, 0.5) is 26.3 Å². The number of rotatable bonds is 5. The number of fused-ring (bicyclic) bond motifs is 1. The van der Waals surface area contributed by atoms with Crippen LogP contribution in [0.15, 0.2) is 42.5 Å². The second-order valence-electron chi connectivity index (χ2n) is 4.88. The monoisotopic (exact) mass is 350 g/mol. The fourth-order valence-electron chi connectivity index (χ4n) is 2.07. The Hall–Kier alpha value is -2.58. The van der Waals surface area contributed by atoms with E-state index in [4.69, 9.17) is 5.11 Å². The van der Waals surface area contributed by atoms with Crippen LogP contribution in [0, 0.1) is 0 Å². The number of carbonyl (C=O) groups is 2. The van der Waals surface area contributed by atoms with Crippen LogP contribution in [0.25, 0.3) is 10.8 Å². The van der Waals surface area contributed by atoms with E-state index in [2.05, 4.69) is 0 Å². The minimum atomic E-state index is -6.42. The molecule has 3 nitrogen and oxygen atoms in total. The first kappa shape index (κ1) is 17.8. The van der Waals surface area contributed by atoms with Crippen LogP contribution >= 0.6 is 0 Å². The van der Waals surface area contributed by atoms with E-state index in [9.17, 15) is 35.9 Å². The van der Waals surface area contributed by atoms with Gasteiger partial charge in [0.25, 0.3) is 0 Å². The van der Waals surface area contributed by atoms with Gasteiger partial charge in [0, 0.05) is 5.56 Å². The highest BCUT2D eigenvalue weighted by Gasteiger charge is 2.78. The summed E-state index contributed by atoms with van der Waals surface area (Å²) in [6.45, 7) is 0. The van der Waals surface area contributed by atoms with Crippen molar-refractivity contribution in [2.24, 2.45) is 0 Å². The number of carbonyl (C=O) groups excluding carboxylic acids is 1. The SMILES string of the molecule is O=C(O)C(F)(F)C(F)(F)C(F)(F)C(=O)c1cccc2ccccc12. The van der Waals surface area contributed by atoms with E-state index >= 15 is 0 Å². The normalized spacial score (nSPS) is 13.1. The van der Waals surface area contributed by atoms with Crippen molar-refractivity contribution in [2.75, 3.05) is 0 Å². The summed E-state index contributed by atoms with van der Waals surface area (Å²) in [5, 5.41) is 8.18. The molecule has 0 spiro atoms. The molecule has 0 aliphatic rings. The van der Waals surface area contributed by atoms with Crippen molar-refractivity contribution in [3.63, 3.8) is 0 Å². The lowest BCUT2D eigenvalue weighted by atomic mass is 9.93. The number of alkyl halides is 6. The van der Waals surface area contributed by atoms with E-state index in [0.717, 1.165) is 12.1 Å². The zero-order chi connectivity index (χ0) is 18.3. The molecule has 0 unspecified atom stereocenters. The molecule has 0 saturated carbocycles. The molecular formula is C15H8F6O3. The smallest absolute Gasteiger partial charge is 0.411 e. The van der Waals surface area contributed by atoms with Gasteiger partial charge in [-0.15, -0.1) is 0 Å². The van der Waals surface area contributed by atoms with Crippen molar-refractivity contribution in [3.05, 3.63) is 48.0 Å². The molecular weight excluding hydrogens is 342 g/mol. The quantitative estimate of drug-likeness (QED) is 0.655. The molecule has 0 fully saturated rings. The average molecular weight is 350 g/mol. The Kier molecular flexibility index (Phi) is 4.07. The van der Waals surface area contributed by atoms with Gasteiger partial charge in [-0.2, -0.15) is 26.3 Å². The molecule has 0 aromatic heterocycles. The maximum absolute atomic E-state index is 13.8. The van der Waals surface area contributed by atoms with Gasteiger partial charge in [0.15, 0.2) is 0 Å². The number of carboxylic acid groups (broad SMARTS) is 1. The summed E-state index contributed by atoms with van der Waals surface area (Å²) in [4.78, 5) is 22.1. The van der Waals surface area contributed by atoms with Crippen LogP contribution in [-0.2, 0) is 4.79 Å². The third-order valence-corrected chi connectivity index (χ3v) is 3.38. The summed E-state index contributed by atoms with van der Waals surface area (Å²) in [6.07, 6.45) is 0. The van der Waals surface area contributed by atoms with E-state index in [-0.39, 0.29) is 10.8 Å². The predicted octanol–water partition coefficient (Wildman–Crippen LogP) is 4.01. The van der Waals surface area contributed by atoms with Gasteiger partial charge in [-0.3, -0.25) is 4.79 Å². The topological polar surface area (TPSA) is 54.4 Å². The van der Waals surface area contributed by atoms with Crippen LogP contribution < -0.4 is 0 Å². The number of carboxylic acids is 1. The van der Waals surface area contributed by atoms with Crippen LogP contribution in [0.3, 0.4) is 0 Å². The second-order valence-corrected chi connectivity index (χ2v) is 4.88. The first-order valence-electron chi connectivity index (χ1n) is 6.34. The van der Waals surface area contributed by atoms with Gasteiger partial charge < -0.3 is 5.11 Å². The van der Waals surface area contributed by atoms with E-state index in [1.54, 1.807) is 0 Å². The van der Waals surface area contributed by atoms with Gasteiger partial charge in [0.05, 0.1) is 0 Å². The molecule has 0 saturated heterocycles. The molecule has 0 radical (unpaired) electrons. The van der Waals surface area contributed by atoms with E-state index in [0.29, 0.717) is 0 Å². The number of hydrogen-bond donors (Lipinski definition) is 1. The molecule has 24 heavy (non-hydrogen) atoms. The fourth-order valence-corrected chi connectivity index (χ4v) is 2.07. The Bertz CT molecular complexity index is 810. The van der Waals surface area contributed by atoms with Crippen LogP contribution in [0.5, 0.6) is 0 Å². The Morgan fingerprint density at radius 2 is 1.33 bits per heavy atom. The molecule has 0 amide bonds. The summed E-state index contributed by atoms with van der Waals surface area (Å²) < 4.78 is 80.6. The molecule has 0 bridgehead atoms. The molecule has 128 valence electrons. The lowest BCUT2D eigenvalue weighted by molar-refractivity contribution is -0.285. The molecule has 9 heteroatoms. The standard InChI is InChI=1S/C15H8F6O3/c16-13(17,15(20,21)14(18,19)12(23)24)11(22)10-7-3-5-8-4-1-2-6-9(8)10/h1-7H,(H,23,24). The van der Waals surface area contributed by atoms with Gasteiger partial charge >= 0.3 is 23.7 Å². The van der Waals surface area contributed by atoms with Gasteiger partial charge in [-0.25, -0.2) is 4.79 Å². The highest BCUT2D eigenvalue weighted by Crippen LogP contribution is 2.47. The minimum absolute atomic E-state index is 0.154. The molecule has 1 N–H and O–H groups in total. The number of ketones is 1. The highest BCUT2D eigenvalue weighted by atomic mass is 19.3. The third kappa shape index (κ3) is 2.40. The van der Waals surface area contributed by atoms with E-state index < -0.39 is 35.1 Å². The van der Waals surface area contributed by atoms with Gasteiger partial charge in [-0.1, -0.05) is 42.5 Å². The molecule has 2 rings (SSSR count). The molecule has 2 aromatic carbocycles. The number of aliphatic carboxylic acids is 1.